The van der Waals surface area contributed by atoms with E-state index in [0.717, 1.165) is 18.6 Å². The molecule has 0 amide bonds. The number of halogens is 1. The lowest BCUT2D eigenvalue weighted by Crippen LogP contribution is -2.18. The monoisotopic (exact) mass is 368 g/mol. The Hall–Kier alpha value is -2.63. The van der Waals surface area contributed by atoms with Gasteiger partial charge in [0.1, 0.15) is 11.5 Å². The number of nitrogens with zero attached hydrogens (tertiary/aromatic N) is 1. The highest BCUT2D eigenvalue weighted by Crippen LogP contribution is 2.34. The molecule has 0 unspecified atom stereocenters. The predicted octanol–water partition coefficient (Wildman–Crippen LogP) is 5.29. The van der Waals surface area contributed by atoms with Gasteiger partial charge in [-0.05, 0) is 48.2 Å². The Labute approximate surface area is 155 Å². The number of hydrogen-bond donors (Lipinski definition) is 1. The number of hydrogen-bond acceptors (Lipinski definition) is 4. The van der Waals surface area contributed by atoms with Gasteiger partial charge in [0, 0.05) is 17.1 Å². The van der Waals surface area contributed by atoms with E-state index >= 15 is 0 Å². The number of nitrogens with one attached hydrogen (secondary N) is 1. The number of fused-ring (bicyclic) bond motifs is 1. The molecule has 0 saturated heterocycles. The van der Waals surface area contributed by atoms with Crippen molar-refractivity contribution < 1.29 is 9.34 Å². The molecule has 0 bridgehead atoms. The van der Waals surface area contributed by atoms with Gasteiger partial charge in [-0.3, -0.25) is 10.1 Å². The lowest BCUT2D eigenvalue weighted by atomic mass is 10.1. The molecule has 3 aromatic rings. The maximum Gasteiger partial charge on any atom is 0.281 e. The molecular weight excluding hydrogens is 352 g/mol. The van der Waals surface area contributed by atoms with E-state index in [1.54, 1.807) is 18.2 Å². The van der Waals surface area contributed by atoms with Crippen LogP contribution in [0.4, 0.5) is 5.69 Å². The highest BCUT2D eigenvalue weighted by molar-refractivity contribution is 6.30. The Balaban J connectivity index is 1.50. The molecule has 0 aliphatic heterocycles. The van der Waals surface area contributed by atoms with Crippen molar-refractivity contribution in [2.75, 3.05) is 0 Å². The molecule has 0 radical (unpaired) electrons. The Morgan fingerprint density at radius 3 is 2.88 bits per heavy atom. The van der Waals surface area contributed by atoms with E-state index in [4.69, 9.17) is 16.0 Å². The molecule has 26 heavy (non-hydrogen) atoms. The average Bonchev–Trinajstić information content (AvgIpc) is 3.27. The van der Waals surface area contributed by atoms with Crippen LogP contribution < -0.4 is 5.32 Å². The van der Waals surface area contributed by atoms with Crippen molar-refractivity contribution in [3.8, 4) is 11.3 Å². The minimum Gasteiger partial charge on any atom is -0.459 e. The Bertz CT molecular complexity index is 967. The molecule has 0 saturated carbocycles. The molecule has 1 aliphatic rings. The van der Waals surface area contributed by atoms with Crippen LogP contribution in [0.3, 0.4) is 0 Å². The molecule has 1 N–H and O–H groups in total. The van der Waals surface area contributed by atoms with Crippen molar-refractivity contribution in [3.63, 3.8) is 0 Å². The molecule has 0 fully saturated rings. The van der Waals surface area contributed by atoms with Crippen LogP contribution in [-0.2, 0) is 13.0 Å². The van der Waals surface area contributed by atoms with Gasteiger partial charge in [-0.2, -0.15) is 0 Å². The van der Waals surface area contributed by atoms with E-state index in [0.29, 0.717) is 28.9 Å². The second-order valence-electron chi connectivity index (χ2n) is 6.36. The SMILES string of the molecule is O=[N+]([O-])c1cc(Cl)ccc1-c1ccc(CN[C@H]2CCc3ccccc32)o1. The lowest BCUT2D eigenvalue weighted by Gasteiger charge is -2.12. The second kappa shape index (κ2) is 6.94. The van der Waals surface area contributed by atoms with Gasteiger partial charge in [0.15, 0.2) is 0 Å². The molecule has 1 aliphatic carbocycles. The Kier molecular flexibility index (Phi) is 4.49. The Morgan fingerprint density at radius 2 is 2.04 bits per heavy atom. The zero-order valence-electron chi connectivity index (χ0n) is 13.9. The summed E-state index contributed by atoms with van der Waals surface area (Å²) in [5.41, 5.74) is 3.10. The first-order valence-corrected chi connectivity index (χ1v) is 8.84. The van der Waals surface area contributed by atoms with Crippen molar-refractivity contribution in [1.82, 2.24) is 5.32 Å². The van der Waals surface area contributed by atoms with Crippen molar-refractivity contribution in [2.24, 2.45) is 0 Å². The summed E-state index contributed by atoms with van der Waals surface area (Å²) in [6.07, 6.45) is 2.14. The quantitative estimate of drug-likeness (QED) is 0.491. The Morgan fingerprint density at radius 1 is 1.19 bits per heavy atom. The van der Waals surface area contributed by atoms with Crippen molar-refractivity contribution in [2.45, 2.75) is 25.4 Å². The summed E-state index contributed by atoms with van der Waals surface area (Å²) in [4.78, 5) is 10.8. The van der Waals surface area contributed by atoms with Gasteiger partial charge in [-0.25, -0.2) is 0 Å². The van der Waals surface area contributed by atoms with Crippen molar-refractivity contribution >= 4 is 17.3 Å². The van der Waals surface area contributed by atoms with E-state index in [9.17, 15) is 10.1 Å². The van der Waals surface area contributed by atoms with E-state index in [-0.39, 0.29) is 5.69 Å². The van der Waals surface area contributed by atoms with Gasteiger partial charge in [-0.1, -0.05) is 35.9 Å². The van der Waals surface area contributed by atoms with Crippen LogP contribution in [0, 0.1) is 10.1 Å². The van der Waals surface area contributed by atoms with Crippen molar-refractivity contribution in [3.05, 3.63) is 86.6 Å². The molecule has 5 nitrogen and oxygen atoms in total. The molecule has 0 spiro atoms. The highest BCUT2D eigenvalue weighted by atomic mass is 35.5. The first kappa shape index (κ1) is 16.8. The summed E-state index contributed by atoms with van der Waals surface area (Å²) in [6, 6.07) is 17.0. The molecule has 6 heteroatoms. The summed E-state index contributed by atoms with van der Waals surface area (Å²) < 4.78 is 5.84. The van der Waals surface area contributed by atoms with E-state index in [1.165, 1.54) is 17.2 Å². The maximum atomic E-state index is 11.3. The van der Waals surface area contributed by atoms with Gasteiger partial charge in [-0.15, -0.1) is 0 Å². The minimum absolute atomic E-state index is 0.0592. The van der Waals surface area contributed by atoms with Gasteiger partial charge < -0.3 is 9.73 Å². The number of aryl methyl sites for hydroxylation is 1. The van der Waals surface area contributed by atoms with Crippen LogP contribution in [0.2, 0.25) is 5.02 Å². The molecule has 2 aromatic carbocycles. The van der Waals surface area contributed by atoms with Crippen LogP contribution in [0.25, 0.3) is 11.3 Å². The van der Waals surface area contributed by atoms with Crippen LogP contribution >= 0.6 is 11.6 Å². The fraction of sp³-hybridized carbons (Fsp3) is 0.200. The topological polar surface area (TPSA) is 68.3 Å². The van der Waals surface area contributed by atoms with Crippen LogP contribution in [-0.4, -0.2) is 4.92 Å². The largest absolute Gasteiger partial charge is 0.459 e. The maximum absolute atomic E-state index is 11.3. The van der Waals surface area contributed by atoms with Crippen LogP contribution in [0.15, 0.2) is 59.0 Å². The summed E-state index contributed by atoms with van der Waals surface area (Å²) in [5.74, 6) is 1.21. The standard InChI is InChI=1S/C20H17ClN2O3/c21-14-6-8-17(19(11-14)23(24)25)20-10-7-15(26-20)12-22-18-9-5-13-3-1-2-4-16(13)18/h1-4,6-8,10-11,18,22H,5,9,12H2/t18-/m0/s1. The summed E-state index contributed by atoms with van der Waals surface area (Å²) >= 11 is 5.87. The number of benzene rings is 2. The zero-order chi connectivity index (χ0) is 18.1. The first-order chi connectivity index (χ1) is 12.6. The third-order valence-electron chi connectivity index (χ3n) is 4.74. The number of furan rings is 1. The smallest absolute Gasteiger partial charge is 0.281 e. The van der Waals surface area contributed by atoms with Crippen molar-refractivity contribution in [1.29, 1.82) is 0 Å². The van der Waals surface area contributed by atoms with Gasteiger partial charge >= 0.3 is 0 Å². The number of rotatable bonds is 5. The predicted molar refractivity (Wildman–Crippen MR) is 100 cm³/mol. The van der Waals surface area contributed by atoms with Gasteiger partial charge in [0.2, 0.25) is 0 Å². The summed E-state index contributed by atoms with van der Waals surface area (Å²) in [7, 11) is 0. The minimum atomic E-state index is -0.447. The van der Waals surface area contributed by atoms with Crippen LogP contribution in [0.5, 0.6) is 0 Å². The third-order valence-corrected chi connectivity index (χ3v) is 4.97. The fourth-order valence-electron chi connectivity index (χ4n) is 3.47. The highest BCUT2D eigenvalue weighted by Gasteiger charge is 2.22. The molecule has 1 atom stereocenters. The number of nitro groups is 1. The third kappa shape index (κ3) is 3.23. The number of nitro benzene ring substituents is 1. The second-order valence-corrected chi connectivity index (χ2v) is 6.79. The molecule has 4 rings (SSSR count). The van der Waals surface area contributed by atoms with Gasteiger partial charge in [0.25, 0.3) is 5.69 Å². The van der Waals surface area contributed by atoms with Crippen LogP contribution in [0.1, 0.15) is 29.3 Å². The first-order valence-electron chi connectivity index (χ1n) is 8.46. The average molecular weight is 369 g/mol. The van der Waals surface area contributed by atoms with E-state index in [1.807, 2.05) is 6.07 Å². The lowest BCUT2D eigenvalue weighted by molar-refractivity contribution is -0.384. The normalized spacial score (nSPS) is 15.8. The van der Waals surface area contributed by atoms with E-state index in [2.05, 4.69) is 29.6 Å². The molecule has 1 heterocycles. The summed E-state index contributed by atoms with van der Waals surface area (Å²) in [6.45, 7) is 0.570. The molecule has 1 aromatic heterocycles. The van der Waals surface area contributed by atoms with E-state index < -0.39 is 4.92 Å². The molecular formula is C20H17ClN2O3. The summed E-state index contributed by atoms with van der Waals surface area (Å²) in [5, 5.41) is 15.1. The molecule has 132 valence electrons. The van der Waals surface area contributed by atoms with Gasteiger partial charge in [0.05, 0.1) is 17.0 Å². The zero-order valence-corrected chi connectivity index (χ0v) is 14.7. The fourth-order valence-corrected chi connectivity index (χ4v) is 3.64.